The van der Waals surface area contributed by atoms with Crippen molar-refractivity contribution < 1.29 is 0 Å². The van der Waals surface area contributed by atoms with Crippen LogP contribution < -0.4 is 0 Å². The second-order valence-electron chi connectivity index (χ2n) is 4.70. The topological polar surface area (TPSA) is 0 Å². The van der Waals surface area contributed by atoms with Crippen LogP contribution in [0.25, 0.3) is 5.57 Å². The average Bonchev–Trinajstić information content (AvgIpc) is 2.45. The van der Waals surface area contributed by atoms with E-state index in [0.717, 1.165) is 12.0 Å². The Labute approximate surface area is 117 Å². The number of hydrogen-bond donors (Lipinski definition) is 0. The highest BCUT2D eigenvalue weighted by Gasteiger charge is 1.96. The Kier molecular flexibility index (Phi) is 6.67. The average molecular weight is 252 g/mol. The zero-order valence-corrected chi connectivity index (χ0v) is 12.3. The van der Waals surface area contributed by atoms with Gasteiger partial charge in [0.1, 0.15) is 0 Å². The molecule has 0 aromatic heterocycles. The van der Waals surface area contributed by atoms with Gasteiger partial charge in [-0.2, -0.15) is 0 Å². The highest BCUT2D eigenvalue weighted by molar-refractivity contribution is 5.72. The predicted molar refractivity (Wildman–Crippen MR) is 87.1 cm³/mol. The summed E-state index contributed by atoms with van der Waals surface area (Å²) in [5.74, 6) is 0.419. The summed E-state index contributed by atoms with van der Waals surface area (Å²) in [6, 6.07) is 8.63. The minimum Gasteiger partial charge on any atom is -0.0912 e. The molecule has 0 spiro atoms. The molecule has 19 heavy (non-hydrogen) atoms. The van der Waals surface area contributed by atoms with Crippen LogP contribution in [-0.4, -0.2) is 0 Å². The molecule has 0 amide bonds. The quantitative estimate of drug-likeness (QED) is 0.579. The van der Waals surface area contributed by atoms with E-state index in [1.54, 1.807) is 0 Å². The first-order chi connectivity index (χ1) is 9.17. The Balaban J connectivity index is 2.62. The Hall–Kier alpha value is -1.82. The van der Waals surface area contributed by atoms with Crippen LogP contribution in [0.1, 0.15) is 31.9 Å². The van der Waals surface area contributed by atoms with Crippen LogP contribution in [0, 0.1) is 5.92 Å². The van der Waals surface area contributed by atoms with E-state index in [2.05, 4.69) is 69.0 Å². The Morgan fingerprint density at radius 2 is 1.84 bits per heavy atom. The highest BCUT2D eigenvalue weighted by Crippen LogP contribution is 2.16. The van der Waals surface area contributed by atoms with Crippen LogP contribution in [0.15, 0.2) is 67.3 Å². The van der Waals surface area contributed by atoms with Crippen molar-refractivity contribution in [1.82, 2.24) is 0 Å². The molecule has 0 saturated heterocycles. The molecule has 0 N–H and O–H groups in total. The normalized spacial score (nSPS) is 13.6. The van der Waals surface area contributed by atoms with Gasteiger partial charge in [0.05, 0.1) is 0 Å². The smallest absolute Gasteiger partial charge is 0.00754 e. The molecule has 1 aromatic carbocycles. The largest absolute Gasteiger partial charge is 0.0912 e. The lowest BCUT2D eigenvalue weighted by Gasteiger charge is -2.03. The maximum atomic E-state index is 4.12. The van der Waals surface area contributed by atoms with E-state index in [9.17, 15) is 0 Å². The van der Waals surface area contributed by atoms with Crippen molar-refractivity contribution in [3.63, 3.8) is 0 Å². The summed E-state index contributed by atoms with van der Waals surface area (Å²) >= 11 is 0. The lowest BCUT2D eigenvalue weighted by atomic mass is 10.0. The molecule has 1 rings (SSSR count). The van der Waals surface area contributed by atoms with Gasteiger partial charge in [0.15, 0.2) is 0 Å². The Morgan fingerprint density at radius 3 is 2.42 bits per heavy atom. The van der Waals surface area contributed by atoms with Crippen molar-refractivity contribution in [2.24, 2.45) is 5.92 Å². The van der Waals surface area contributed by atoms with Crippen molar-refractivity contribution >= 4 is 5.57 Å². The van der Waals surface area contributed by atoms with Gasteiger partial charge < -0.3 is 0 Å². The second kappa shape index (κ2) is 8.31. The van der Waals surface area contributed by atoms with E-state index < -0.39 is 0 Å². The maximum absolute atomic E-state index is 4.12. The van der Waals surface area contributed by atoms with E-state index in [1.165, 1.54) is 11.1 Å². The minimum absolute atomic E-state index is 0.419. The summed E-state index contributed by atoms with van der Waals surface area (Å²) in [7, 11) is 0. The van der Waals surface area contributed by atoms with Crippen LogP contribution in [0.2, 0.25) is 0 Å². The molecule has 0 bridgehead atoms. The fourth-order valence-electron chi connectivity index (χ4n) is 1.73. The number of rotatable bonds is 6. The standard InChI is InChI=1S/C19H24/c1-5-7-8-9-16(3)10-11-17(4)19-14-12-18(6-2)13-15-19/h5,7-16H,4,6H2,1-3H3/b7-5-,9-8-,11-10+. The Morgan fingerprint density at radius 1 is 1.16 bits per heavy atom. The van der Waals surface area contributed by atoms with Crippen molar-refractivity contribution in [2.75, 3.05) is 0 Å². The summed E-state index contributed by atoms with van der Waals surface area (Å²) in [6.07, 6.45) is 13.7. The lowest BCUT2D eigenvalue weighted by Crippen LogP contribution is -1.85. The van der Waals surface area contributed by atoms with Gasteiger partial charge >= 0.3 is 0 Å². The molecule has 0 heteroatoms. The van der Waals surface area contributed by atoms with Gasteiger partial charge in [-0.25, -0.2) is 0 Å². The zero-order chi connectivity index (χ0) is 14.1. The van der Waals surface area contributed by atoms with E-state index in [-0.39, 0.29) is 0 Å². The SMILES string of the molecule is C=C(/C=C/C(C)/C=C\C=C/C)c1ccc(CC)cc1. The summed E-state index contributed by atoms with van der Waals surface area (Å²) in [5.41, 5.74) is 3.62. The number of aryl methyl sites for hydroxylation is 1. The zero-order valence-electron chi connectivity index (χ0n) is 12.3. The number of hydrogen-bond acceptors (Lipinski definition) is 0. The molecule has 0 nitrogen and oxygen atoms in total. The second-order valence-corrected chi connectivity index (χ2v) is 4.70. The molecular formula is C19H24. The van der Waals surface area contributed by atoms with Crippen molar-refractivity contribution in [3.05, 3.63) is 78.4 Å². The van der Waals surface area contributed by atoms with Crippen molar-refractivity contribution in [2.45, 2.75) is 27.2 Å². The summed E-state index contributed by atoms with van der Waals surface area (Å²) in [5, 5.41) is 0. The van der Waals surface area contributed by atoms with E-state index >= 15 is 0 Å². The molecule has 0 heterocycles. The van der Waals surface area contributed by atoms with Gasteiger partial charge in [-0.05, 0) is 36.0 Å². The lowest BCUT2D eigenvalue weighted by molar-refractivity contribution is 0.940. The molecule has 1 atom stereocenters. The fourth-order valence-corrected chi connectivity index (χ4v) is 1.73. The number of allylic oxidation sites excluding steroid dienone is 7. The van der Waals surface area contributed by atoms with E-state index in [4.69, 9.17) is 0 Å². The third-order valence-corrected chi connectivity index (χ3v) is 3.05. The van der Waals surface area contributed by atoms with Crippen molar-refractivity contribution in [3.8, 4) is 0 Å². The molecule has 1 unspecified atom stereocenters. The summed E-state index contributed by atoms with van der Waals surface area (Å²) in [6.45, 7) is 10.5. The fraction of sp³-hybridized carbons (Fsp3) is 0.263. The van der Waals surface area contributed by atoms with Crippen molar-refractivity contribution in [1.29, 1.82) is 0 Å². The van der Waals surface area contributed by atoms with Gasteiger partial charge in [0, 0.05) is 0 Å². The first kappa shape index (κ1) is 15.2. The van der Waals surface area contributed by atoms with Gasteiger partial charge in [-0.15, -0.1) is 0 Å². The van der Waals surface area contributed by atoms with E-state index in [1.807, 2.05) is 19.1 Å². The van der Waals surface area contributed by atoms with E-state index in [0.29, 0.717) is 5.92 Å². The predicted octanol–water partition coefficient (Wildman–Crippen LogP) is 5.59. The minimum atomic E-state index is 0.419. The first-order valence-corrected chi connectivity index (χ1v) is 6.93. The van der Waals surface area contributed by atoms with Gasteiger partial charge in [-0.3, -0.25) is 0 Å². The monoisotopic (exact) mass is 252 g/mol. The molecule has 0 aliphatic heterocycles. The highest BCUT2D eigenvalue weighted by atomic mass is 14.0. The molecule has 0 aliphatic rings. The summed E-state index contributed by atoms with van der Waals surface area (Å²) < 4.78 is 0. The van der Waals surface area contributed by atoms with Gasteiger partial charge in [0.25, 0.3) is 0 Å². The molecule has 0 saturated carbocycles. The van der Waals surface area contributed by atoms with Gasteiger partial charge in [0.2, 0.25) is 0 Å². The van der Waals surface area contributed by atoms with Crippen LogP contribution in [0.5, 0.6) is 0 Å². The number of benzene rings is 1. The molecule has 1 aromatic rings. The molecule has 100 valence electrons. The molecular weight excluding hydrogens is 228 g/mol. The first-order valence-electron chi connectivity index (χ1n) is 6.93. The third-order valence-electron chi connectivity index (χ3n) is 3.05. The van der Waals surface area contributed by atoms with Crippen LogP contribution in [0.3, 0.4) is 0 Å². The summed E-state index contributed by atoms with van der Waals surface area (Å²) in [4.78, 5) is 0. The van der Waals surface area contributed by atoms with Crippen LogP contribution in [0.4, 0.5) is 0 Å². The third kappa shape index (κ3) is 5.56. The molecule has 0 aliphatic carbocycles. The van der Waals surface area contributed by atoms with Crippen LogP contribution >= 0.6 is 0 Å². The van der Waals surface area contributed by atoms with Crippen LogP contribution in [-0.2, 0) is 6.42 Å². The molecule has 0 radical (unpaired) electrons. The Bertz CT molecular complexity index is 469. The maximum Gasteiger partial charge on any atom is -0.00754 e. The molecule has 0 fully saturated rings. The van der Waals surface area contributed by atoms with Gasteiger partial charge in [-0.1, -0.05) is 81.1 Å².